The van der Waals surface area contributed by atoms with E-state index >= 15 is 0 Å². The molecule has 0 saturated carbocycles. The maximum absolute atomic E-state index is 13.8. The number of esters is 1. The van der Waals surface area contributed by atoms with E-state index in [1.165, 1.54) is 23.6 Å². The smallest absolute Gasteiger partial charge is 0.411 e. The normalized spacial score (nSPS) is 18.4. The monoisotopic (exact) mass is 506 g/mol. The van der Waals surface area contributed by atoms with Crippen molar-refractivity contribution in [2.75, 3.05) is 32.1 Å². The summed E-state index contributed by atoms with van der Waals surface area (Å²) in [6.45, 7) is 3.18. The summed E-state index contributed by atoms with van der Waals surface area (Å²) in [5, 5.41) is -0.478. The lowest BCUT2D eigenvalue weighted by molar-refractivity contribution is -0.152. The van der Waals surface area contributed by atoms with Crippen molar-refractivity contribution >= 4 is 47.0 Å². The minimum absolute atomic E-state index is 0.172. The van der Waals surface area contributed by atoms with E-state index in [0.717, 1.165) is 10.5 Å². The number of thioether (sulfide) groups is 1. The van der Waals surface area contributed by atoms with Crippen LogP contribution in [0.5, 0.6) is 5.75 Å². The number of hydrogen-bond donors (Lipinski definition) is 0. The van der Waals surface area contributed by atoms with Crippen molar-refractivity contribution in [3.05, 3.63) is 54.1 Å². The number of halogens is 1. The number of hydrogen-bond acceptors (Lipinski definition) is 7. The Morgan fingerprint density at radius 3 is 2.47 bits per heavy atom. The molecule has 0 spiro atoms. The van der Waals surface area contributed by atoms with Gasteiger partial charge in [0.1, 0.15) is 5.75 Å². The molecule has 0 N–H and O–H groups in total. The second kappa shape index (κ2) is 11.5. The van der Waals surface area contributed by atoms with Crippen molar-refractivity contribution in [1.82, 2.24) is 4.90 Å². The largest absolute Gasteiger partial charge is 0.497 e. The number of para-hydroxylation sites is 1. The van der Waals surface area contributed by atoms with Gasteiger partial charge in [-0.05, 0) is 36.8 Å². The number of carbonyl (C=O) groups excluding carboxylic acids is 3. The van der Waals surface area contributed by atoms with Crippen molar-refractivity contribution in [3.63, 3.8) is 0 Å². The molecule has 182 valence electrons. The third kappa shape index (κ3) is 6.15. The molecular formula is C24H27ClN2O6S. The number of alkyl halides is 1. The molecule has 1 aliphatic rings. The first kappa shape index (κ1) is 25.7. The highest BCUT2D eigenvalue weighted by Gasteiger charge is 2.40. The Labute approximate surface area is 208 Å². The quantitative estimate of drug-likeness (QED) is 0.405. The number of nitrogens with zero attached hydrogens (tertiary/aromatic N) is 2. The lowest BCUT2D eigenvalue weighted by Crippen LogP contribution is -2.46. The van der Waals surface area contributed by atoms with Gasteiger partial charge < -0.3 is 24.0 Å². The van der Waals surface area contributed by atoms with E-state index in [-0.39, 0.29) is 19.0 Å². The van der Waals surface area contributed by atoms with E-state index in [4.69, 9.17) is 25.8 Å². The minimum Gasteiger partial charge on any atom is -0.497 e. The molecule has 0 radical (unpaired) electrons. The van der Waals surface area contributed by atoms with Crippen molar-refractivity contribution < 1.29 is 28.6 Å². The van der Waals surface area contributed by atoms with Crippen molar-refractivity contribution in [3.8, 4) is 5.75 Å². The molecule has 10 heteroatoms. The fraction of sp³-hybridized carbons (Fsp3) is 0.375. The standard InChI is InChI=1S/C24H27ClN2O6S/c1-15(25)32-24(30)26(3)13-14-27-19-7-5-6-8-20(19)34-22(21(23(27)29)33-16(2)28)17-9-11-18(31-4)12-10-17/h5-12,15,21-22H,13-14H2,1-4H3. The van der Waals surface area contributed by atoms with Gasteiger partial charge in [0.2, 0.25) is 0 Å². The molecule has 0 aliphatic carbocycles. The molecule has 3 atom stereocenters. The van der Waals surface area contributed by atoms with Crippen molar-refractivity contribution in [2.24, 2.45) is 0 Å². The number of anilines is 1. The molecule has 3 rings (SSSR count). The zero-order valence-corrected chi connectivity index (χ0v) is 21.0. The molecule has 34 heavy (non-hydrogen) atoms. The second-order valence-electron chi connectivity index (χ2n) is 7.65. The SMILES string of the molecule is COc1ccc(C2Sc3ccccc3N(CCN(C)C(=O)OC(C)Cl)C(=O)C2OC(C)=O)cc1. The van der Waals surface area contributed by atoms with Gasteiger partial charge in [-0.2, -0.15) is 0 Å². The maximum Gasteiger partial charge on any atom is 0.411 e. The molecule has 1 aliphatic heterocycles. The summed E-state index contributed by atoms with van der Waals surface area (Å²) in [6, 6.07) is 14.8. The van der Waals surface area contributed by atoms with Gasteiger partial charge in [-0.25, -0.2) is 4.79 Å². The van der Waals surface area contributed by atoms with Crippen LogP contribution in [0, 0.1) is 0 Å². The Kier molecular flexibility index (Phi) is 8.68. The number of methoxy groups -OCH3 is 1. The van der Waals surface area contributed by atoms with Crippen LogP contribution in [0.25, 0.3) is 0 Å². The van der Waals surface area contributed by atoms with Crippen LogP contribution in [-0.2, 0) is 19.1 Å². The molecule has 2 amide bonds. The van der Waals surface area contributed by atoms with E-state index < -0.39 is 29.0 Å². The summed E-state index contributed by atoms with van der Waals surface area (Å²) in [5.41, 5.74) is 0.725. The van der Waals surface area contributed by atoms with E-state index in [9.17, 15) is 14.4 Å². The van der Waals surface area contributed by atoms with Crippen LogP contribution in [0.15, 0.2) is 53.4 Å². The average molecular weight is 507 g/mol. The van der Waals surface area contributed by atoms with E-state index in [0.29, 0.717) is 11.4 Å². The third-order valence-electron chi connectivity index (χ3n) is 5.17. The van der Waals surface area contributed by atoms with Gasteiger partial charge in [0, 0.05) is 32.0 Å². The van der Waals surface area contributed by atoms with Gasteiger partial charge in [0.15, 0.2) is 11.7 Å². The lowest BCUT2D eigenvalue weighted by Gasteiger charge is -2.29. The van der Waals surface area contributed by atoms with E-state index in [2.05, 4.69) is 0 Å². The first-order valence-electron chi connectivity index (χ1n) is 10.6. The average Bonchev–Trinajstić information content (AvgIpc) is 2.91. The van der Waals surface area contributed by atoms with Gasteiger partial charge in [-0.1, -0.05) is 35.9 Å². The highest BCUT2D eigenvalue weighted by Crippen LogP contribution is 2.46. The Hall–Kier alpha value is -2.91. The molecule has 0 saturated heterocycles. The van der Waals surface area contributed by atoms with Crippen molar-refractivity contribution in [1.29, 1.82) is 0 Å². The number of rotatable bonds is 7. The topological polar surface area (TPSA) is 85.4 Å². The van der Waals surface area contributed by atoms with Crippen LogP contribution in [0.2, 0.25) is 0 Å². The lowest BCUT2D eigenvalue weighted by atomic mass is 10.1. The summed E-state index contributed by atoms with van der Waals surface area (Å²) in [4.78, 5) is 41.6. The third-order valence-corrected chi connectivity index (χ3v) is 6.63. The van der Waals surface area contributed by atoms with Crippen LogP contribution in [0.1, 0.15) is 24.7 Å². The Bertz CT molecular complexity index is 1030. The highest BCUT2D eigenvalue weighted by molar-refractivity contribution is 7.99. The molecular weight excluding hydrogens is 480 g/mol. The van der Waals surface area contributed by atoms with Crippen LogP contribution >= 0.6 is 23.4 Å². The van der Waals surface area contributed by atoms with Crippen LogP contribution in [-0.4, -0.2) is 61.8 Å². The van der Waals surface area contributed by atoms with E-state index in [1.807, 2.05) is 36.4 Å². The molecule has 8 nitrogen and oxygen atoms in total. The number of ether oxygens (including phenoxy) is 3. The zero-order chi connectivity index (χ0) is 24.8. The Morgan fingerprint density at radius 1 is 1.18 bits per heavy atom. The predicted octanol–water partition coefficient (Wildman–Crippen LogP) is 4.46. The van der Waals surface area contributed by atoms with Gasteiger partial charge in [-0.15, -0.1) is 11.8 Å². The number of likely N-dealkylation sites (N-methyl/N-ethyl adjacent to an activating group) is 1. The number of carbonyl (C=O) groups is 3. The number of benzene rings is 2. The first-order valence-corrected chi connectivity index (χ1v) is 12.0. The maximum atomic E-state index is 13.8. The van der Waals surface area contributed by atoms with Crippen LogP contribution < -0.4 is 9.64 Å². The van der Waals surface area contributed by atoms with Gasteiger partial charge in [-0.3, -0.25) is 9.59 Å². The molecule has 2 aromatic rings. The van der Waals surface area contributed by atoms with Gasteiger partial charge in [0.25, 0.3) is 5.91 Å². The fourth-order valence-corrected chi connectivity index (χ4v) is 4.90. The molecule has 2 aromatic carbocycles. The summed E-state index contributed by atoms with van der Waals surface area (Å²) < 4.78 is 15.8. The second-order valence-corrected chi connectivity index (χ2v) is 9.45. The summed E-state index contributed by atoms with van der Waals surface area (Å²) in [5.74, 6) is -0.248. The Balaban J connectivity index is 1.95. The highest BCUT2D eigenvalue weighted by atomic mass is 35.5. The first-order chi connectivity index (χ1) is 16.2. The zero-order valence-electron chi connectivity index (χ0n) is 19.4. The number of fused-ring (bicyclic) bond motifs is 1. The van der Waals surface area contributed by atoms with Crippen LogP contribution in [0.4, 0.5) is 10.5 Å². The summed E-state index contributed by atoms with van der Waals surface area (Å²) in [6.07, 6.45) is -1.66. The van der Waals surface area contributed by atoms with Crippen molar-refractivity contribution in [2.45, 2.75) is 35.7 Å². The molecule has 0 aromatic heterocycles. The molecule has 1 heterocycles. The van der Waals surface area contributed by atoms with Gasteiger partial charge >= 0.3 is 12.1 Å². The molecule has 3 unspecified atom stereocenters. The fourth-order valence-electron chi connectivity index (χ4n) is 3.51. The van der Waals surface area contributed by atoms with Gasteiger partial charge in [0.05, 0.1) is 18.0 Å². The van der Waals surface area contributed by atoms with Crippen LogP contribution in [0.3, 0.4) is 0 Å². The predicted molar refractivity (Wildman–Crippen MR) is 130 cm³/mol. The summed E-state index contributed by atoms with van der Waals surface area (Å²) in [7, 11) is 3.14. The van der Waals surface area contributed by atoms with E-state index in [1.54, 1.807) is 38.1 Å². The summed E-state index contributed by atoms with van der Waals surface area (Å²) >= 11 is 7.19. The number of amides is 2. The molecule has 0 bridgehead atoms. The minimum atomic E-state index is -1.07. The molecule has 0 fully saturated rings. The Morgan fingerprint density at radius 2 is 1.85 bits per heavy atom.